The lowest BCUT2D eigenvalue weighted by Gasteiger charge is -2.37. The first kappa shape index (κ1) is 18.7. The van der Waals surface area contributed by atoms with E-state index >= 15 is 0 Å². The summed E-state index contributed by atoms with van der Waals surface area (Å²) in [6, 6.07) is 6.79. The fraction of sp³-hybridized carbons (Fsp3) is 0.632. The molecule has 0 spiro atoms. The molecule has 2 rings (SSSR count). The van der Waals surface area contributed by atoms with Gasteiger partial charge in [0.2, 0.25) is 0 Å². The smallest absolute Gasteiger partial charge is 0.410 e. The van der Waals surface area contributed by atoms with Gasteiger partial charge in [-0.3, -0.25) is 0 Å². The molecule has 1 N–H and O–H groups in total. The van der Waals surface area contributed by atoms with E-state index in [1.165, 1.54) is 12.1 Å². The van der Waals surface area contributed by atoms with Crippen molar-refractivity contribution in [2.45, 2.75) is 45.1 Å². The largest absolute Gasteiger partial charge is 0.444 e. The fourth-order valence-corrected chi connectivity index (χ4v) is 3.30. The highest BCUT2D eigenvalue weighted by Gasteiger charge is 2.31. The van der Waals surface area contributed by atoms with Gasteiger partial charge >= 0.3 is 6.09 Å². The standard InChI is InChI=1S/C19H29FN2O2/c1-19(2,3)24-18(23)22-11-9-15(10-12-22)17(13-21-4)14-5-7-16(20)8-6-14/h5-8,15,17,21H,9-13H2,1-4H3. The van der Waals surface area contributed by atoms with Crippen molar-refractivity contribution in [3.8, 4) is 0 Å². The SMILES string of the molecule is CNCC(c1ccc(F)cc1)C1CCN(C(=O)OC(C)(C)C)CC1. The first-order valence-corrected chi connectivity index (χ1v) is 8.68. The molecule has 1 heterocycles. The molecule has 1 fully saturated rings. The highest BCUT2D eigenvalue weighted by atomic mass is 19.1. The van der Waals surface area contributed by atoms with Gasteiger partial charge in [-0.15, -0.1) is 0 Å². The van der Waals surface area contributed by atoms with Crippen LogP contribution >= 0.6 is 0 Å². The third-order valence-electron chi connectivity index (χ3n) is 4.48. The molecule has 1 aromatic carbocycles. The summed E-state index contributed by atoms with van der Waals surface area (Å²) in [4.78, 5) is 14.0. The number of nitrogens with one attached hydrogen (secondary N) is 1. The minimum atomic E-state index is -0.462. The molecule has 1 aliphatic rings. The molecule has 1 aliphatic heterocycles. The van der Waals surface area contributed by atoms with E-state index in [4.69, 9.17) is 4.74 Å². The van der Waals surface area contributed by atoms with Gasteiger partial charge in [-0.25, -0.2) is 9.18 Å². The van der Waals surface area contributed by atoms with Crippen LogP contribution in [-0.4, -0.2) is 43.3 Å². The Hall–Kier alpha value is -1.62. The van der Waals surface area contributed by atoms with E-state index in [-0.39, 0.29) is 11.9 Å². The molecule has 0 aromatic heterocycles. The van der Waals surface area contributed by atoms with Gasteiger partial charge in [-0.05, 0) is 70.2 Å². The molecule has 4 nitrogen and oxygen atoms in total. The summed E-state index contributed by atoms with van der Waals surface area (Å²) in [5, 5.41) is 3.24. The van der Waals surface area contributed by atoms with Crippen molar-refractivity contribution in [2.24, 2.45) is 5.92 Å². The Labute approximate surface area is 144 Å². The lowest BCUT2D eigenvalue weighted by Crippen LogP contribution is -2.43. The number of hydrogen-bond donors (Lipinski definition) is 1. The second-order valence-electron chi connectivity index (χ2n) is 7.52. The number of benzene rings is 1. The predicted octanol–water partition coefficient (Wildman–Crippen LogP) is 3.78. The molecule has 1 unspecified atom stereocenters. The first-order chi connectivity index (χ1) is 11.3. The minimum Gasteiger partial charge on any atom is -0.444 e. The summed E-state index contributed by atoms with van der Waals surface area (Å²) in [5.74, 6) is 0.597. The molecular formula is C19H29FN2O2. The minimum absolute atomic E-state index is 0.207. The summed E-state index contributed by atoms with van der Waals surface area (Å²) in [7, 11) is 1.94. The van der Waals surface area contributed by atoms with E-state index in [2.05, 4.69) is 5.32 Å². The Morgan fingerprint density at radius 2 is 1.88 bits per heavy atom. The molecule has 0 saturated carbocycles. The normalized spacial score (nSPS) is 17.6. The molecule has 0 radical (unpaired) electrons. The number of hydrogen-bond acceptors (Lipinski definition) is 3. The summed E-state index contributed by atoms with van der Waals surface area (Å²) < 4.78 is 18.6. The van der Waals surface area contributed by atoms with Gasteiger partial charge in [0.05, 0.1) is 0 Å². The van der Waals surface area contributed by atoms with Crippen LogP contribution in [0, 0.1) is 11.7 Å². The van der Waals surface area contributed by atoms with Crippen molar-refractivity contribution in [1.82, 2.24) is 10.2 Å². The van der Waals surface area contributed by atoms with E-state index < -0.39 is 5.60 Å². The number of halogens is 1. The van der Waals surface area contributed by atoms with Crippen molar-refractivity contribution in [2.75, 3.05) is 26.7 Å². The molecule has 5 heteroatoms. The summed E-state index contributed by atoms with van der Waals surface area (Å²) in [6.45, 7) is 7.92. The molecule has 1 aromatic rings. The van der Waals surface area contributed by atoms with Crippen LogP contribution < -0.4 is 5.32 Å². The Balaban J connectivity index is 1.98. The Morgan fingerprint density at radius 1 is 1.29 bits per heavy atom. The number of ether oxygens (including phenoxy) is 1. The third-order valence-corrected chi connectivity index (χ3v) is 4.48. The van der Waals surface area contributed by atoms with Crippen molar-refractivity contribution in [3.05, 3.63) is 35.6 Å². The van der Waals surface area contributed by atoms with Crippen LogP contribution in [0.2, 0.25) is 0 Å². The maximum Gasteiger partial charge on any atom is 0.410 e. The maximum atomic E-state index is 13.2. The van der Waals surface area contributed by atoms with Crippen LogP contribution in [-0.2, 0) is 4.74 Å². The molecule has 1 amide bonds. The number of piperidine rings is 1. The highest BCUT2D eigenvalue weighted by Crippen LogP contribution is 2.33. The van der Waals surface area contributed by atoms with Crippen LogP contribution in [0.5, 0.6) is 0 Å². The number of nitrogens with zero attached hydrogens (tertiary/aromatic N) is 1. The summed E-state index contributed by atoms with van der Waals surface area (Å²) >= 11 is 0. The van der Waals surface area contributed by atoms with Crippen LogP contribution in [0.3, 0.4) is 0 Å². The van der Waals surface area contributed by atoms with Crippen LogP contribution in [0.25, 0.3) is 0 Å². The van der Waals surface area contributed by atoms with E-state index in [1.807, 2.05) is 40.0 Å². The van der Waals surface area contributed by atoms with Crippen LogP contribution in [0.1, 0.15) is 45.1 Å². The quantitative estimate of drug-likeness (QED) is 0.910. The Morgan fingerprint density at radius 3 is 2.38 bits per heavy atom. The zero-order valence-corrected chi connectivity index (χ0v) is 15.1. The zero-order valence-electron chi connectivity index (χ0n) is 15.1. The van der Waals surface area contributed by atoms with Gasteiger partial charge in [-0.1, -0.05) is 12.1 Å². The molecule has 1 atom stereocenters. The van der Waals surface area contributed by atoms with Gasteiger partial charge in [-0.2, -0.15) is 0 Å². The van der Waals surface area contributed by atoms with E-state index in [0.717, 1.165) is 24.9 Å². The molecular weight excluding hydrogens is 307 g/mol. The van der Waals surface area contributed by atoms with Crippen LogP contribution in [0.4, 0.5) is 9.18 Å². The monoisotopic (exact) mass is 336 g/mol. The van der Waals surface area contributed by atoms with Crippen LogP contribution in [0.15, 0.2) is 24.3 Å². The van der Waals surface area contributed by atoms with Gasteiger partial charge in [0.15, 0.2) is 0 Å². The lowest BCUT2D eigenvalue weighted by molar-refractivity contribution is 0.0174. The number of rotatable bonds is 4. The Kier molecular flexibility index (Phi) is 6.21. The lowest BCUT2D eigenvalue weighted by atomic mass is 9.80. The molecule has 0 bridgehead atoms. The third kappa shape index (κ3) is 5.20. The average molecular weight is 336 g/mol. The molecule has 134 valence electrons. The van der Waals surface area contributed by atoms with Gasteiger partial charge < -0.3 is 15.0 Å². The number of amides is 1. The van der Waals surface area contributed by atoms with Crippen molar-refractivity contribution >= 4 is 6.09 Å². The second kappa shape index (κ2) is 7.97. The van der Waals surface area contributed by atoms with E-state index in [1.54, 1.807) is 4.90 Å². The fourth-order valence-electron chi connectivity index (χ4n) is 3.30. The first-order valence-electron chi connectivity index (χ1n) is 8.68. The number of likely N-dealkylation sites (N-methyl/N-ethyl adjacent to an activating group) is 1. The summed E-state index contributed by atoms with van der Waals surface area (Å²) in [6.07, 6.45) is 1.64. The topological polar surface area (TPSA) is 41.6 Å². The zero-order chi connectivity index (χ0) is 17.7. The van der Waals surface area contributed by atoms with E-state index in [0.29, 0.717) is 24.9 Å². The van der Waals surface area contributed by atoms with Crippen molar-refractivity contribution in [3.63, 3.8) is 0 Å². The second-order valence-corrected chi connectivity index (χ2v) is 7.52. The number of likely N-dealkylation sites (tertiary alicyclic amines) is 1. The van der Waals surface area contributed by atoms with Crippen molar-refractivity contribution < 1.29 is 13.9 Å². The molecule has 1 saturated heterocycles. The summed E-state index contributed by atoms with van der Waals surface area (Å²) in [5.41, 5.74) is 0.693. The predicted molar refractivity (Wildman–Crippen MR) is 93.6 cm³/mol. The van der Waals surface area contributed by atoms with Gasteiger partial charge in [0, 0.05) is 19.6 Å². The number of carbonyl (C=O) groups excluding carboxylic acids is 1. The average Bonchev–Trinajstić information content (AvgIpc) is 2.52. The van der Waals surface area contributed by atoms with Crippen molar-refractivity contribution in [1.29, 1.82) is 0 Å². The number of carbonyl (C=O) groups is 1. The van der Waals surface area contributed by atoms with Gasteiger partial charge in [0.1, 0.15) is 11.4 Å². The van der Waals surface area contributed by atoms with Gasteiger partial charge in [0.25, 0.3) is 0 Å². The maximum absolute atomic E-state index is 13.2. The van der Waals surface area contributed by atoms with E-state index in [9.17, 15) is 9.18 Å². The molecule has 24 heavy (non-hydrogen) atoms. The highest BCUT2D eigenvalue weighted by molar-refractivity contribution is 5.68. The molecule has 0 aliphatic carbocycles. The Bertz CT molecular complexity index is 531.